The van der Waals surface area contributed by atoms with Gasteiger partial charge in [0.15, 0.2) is 0 Å². The SMILES string of the molecule is Cc1cn2nc(C3=CC(=O)N4C=C(N5CCCN(C)CC5)C=CC4P3)cc2c(C)n1. The van der Waals surface area contributed by atoms with E-state index in [9.17, 15) is 4.79 Å². The zero-order valence-corrected chi connectivity index (χ0v) is 18.7. The quantitative estimate of drug-likeness (QED) is 0.697. The summed E-state index contributed by atoms with van der Waals surface area (Å²) in [5.74, 6) is 0.104. The van der Waals surface area contributed by atoms with E-state index in [1.54, 1.807) is 6.08 Å². The van der Waals surface area contributed by atoms with Crippen molar-refractivity contribution >= 4 is 25.3 Å². The van der Waals surface area contributed by atoms with Gasteiger partial charge in [0.1, 0.15) is 0 Å². The fourth-order valence-corrected chi connectivity index (χ4v) is 5.66. The van der Waals surface area contributed by atoms with Crippen LogP contribution in [0.5, 0.6) is 0 Å². The van der Waals surface area contributed by atoms with Crippen molar-refractivity contribution in [1.29, 1.82) is 0 Å². The maximum Gasteiger partial charge on any atom is 0.252 e. The molecule has 5 rings (SSSR count). The second-order valence-electron chi connectivity index (χ2n) is 8.28. The van der Waals surface area contributed by atoms with Crippen molar-refractivity contribution in [3.8, 4) is 0 Å². The molecule has 7 nitrogen and oxygen atoms in total. The topological polar surface area (TPSA) is 57.0 Å². The molecule has 0 saturated carbocycles. The first-order valence-corrected chi connectivity index (χ1v) is 11.5. The molecule has 0 bridgehead atoms. The number of rotatable bonds is 2. The maximum atomic E-state index is 13.0. The molecule has 1 fully saturated rings. The molecule has 3 aliphatic rings. The first kappa shape index (κ1) is 19.5. The van der Waals surface area contributed by atoms with Gasteiger partial charge < -0.3 is 14.7 Å². The number of hydrogen-bond acceptors (Lipinski definition) is 5. The summed E-state index contributed by atoms with van der Waals surface area (Å²) in [5.41, 5.74) is 4.89. The van der Waals surface area contributed by atoms with Crippen LogP contribution >= 0.6 is 8.58 Å². The standard InChI is InChI=1S/C22H27N6OP/c1-15-13-28-19(16(2)23-15)11-18(24-28)20-12-21(29)27-14-17(5-6-22(27)30-20)26-8-4-7-25(3)9-10-26/h5-6,11-14,22,30H,4,7-10H2,1-3H3. The summed E-state index contributed by atoms with van der Waals surface area (Å²) >= 11 is 0. The Morgan fingerprint density at radius 3 is 2.90 bits per heavy atom. The average Bonchev–Trinajstić information content (AvgIpc) is 3.03. The van der Waals surface area contributed by atoms with E-state index in [-0.39, 0.29) is 11.7 Å². The normalized spacial score (nSPS) is 23.6. The number of amides is 1. The van der Waals surface area contributed by atoms with Gasteiger partial charge in [-0.3, -0.25) is 9.78 Å². The van der Waals surface area contributed by atoms with Gasteiger partial charge in [0.2, 0.25) is 0 Å². The summed E-state index contributed by atoms with van der Waals surface area (Å²) in [6.45, 7) is 8.17. The zero-order chi connectivity index (χ0) is 20.8. The molecule has 2 aromatic heterocycles. The molecule has 30 heavy (non-hydrogen) atoms. The van der Waals surface area contributed by atoms with Crippen LogP contribution in [0.4, 0.5) is 0 Å². The predicted molar refractivity (Wildman–Crippen MR) is 120 cm³/mol. The number of fused-ring (bicyclic) bond motifs is 2. The molecule has 8 heteroatoms. The molecule has 1 saturated heterocycles. The lowest BCUT2D eigenvalue weighted by atomic mass is 10.2. The number of carbonyl (C=O) groups is 1. The van der Waals surface area contributed by atoms with Crippen LogP contribution in [0.2, 0.25) is 0 Å². The number of allylic oxidation sites excluding steroid dienone is 1. The smallest absolute Gasteiger partial charge is 0.252 e. The first-order valence-electron chi connectivity index (χ1n) is 10.5. The van der Waals surface area contributed by atoms with Crippen molar-refractivity contribution in [2.24, 2.45) is 0 Å². The van der Waals surface area contributed by atoms with Gasteiger partial charge in [0.05, 0.1) is 40.3 Å². The third kappa shape index (κ3) is 3.57. The number of carbonyl (C=O) groups excluding carboxylic acids is 1. The molecular weight excluding hydrogens is 395 g/mol. The van der Waals surface area contributed by atoms with Crippen LogP contribution in [0.25, 0.3) is 10.8 Å². The molecule has 0 N–H and O–H groups in total. The van der Waals surface area contributed by atoms with Crippen LogP contribution in [0.1, 0.15) is 23.5 Å². The van der Waals surface area contributed by atoms with Crippen LogP contribution in [-0.4, -0.2) is 74.2 Å². The molecule has 0 aliphatic carbocycles. The van der Waals surface area contributed by atoms with Crippen molar-refractivity contribution in [3.63, 3.8) is 0 Å². The van der Waals surface area contributed by atoms with Gasteiger partial charge in [0.25, 0.3) is 5.91 Å². The fourth-order valence-electron chi connectivity index (χ4n) is 4.33. The average molecular weight is 422 g/mol. The van der Waals surface area contributed by atoms with Gasteiger partial charge >= 0.3 is 0 Å². The van der Waals surface area contributed by atoms with Crippen LogP contribution in [0.15, 0.2) is 42.4 Å². The lowest BCUT2D eigenvalue weighted by Crippen LogP contribution is -2.38. The molecule has 156 valence electrons. The number of hydrogen-bond donors (Lipinski definition) is 0. The molecular formula is C22H27N6OP. The monoisotopic (exact) mass is 422 g/mol. The Bertz CT molecular complexity index is 1100. The van der Waals surface area contributed by atoms with E-state index >= 15 is 0 Å². The molecule has 1 amide bonds. The van der Waals surface area contributed by atoms with E-state index < -0.39 is 0 Å². The largest absolute Gasteiger partial charge is 0.369 e. The minimum Gasteiger partial charge on any atom is -0.369 e. The van der Waals surface area contributed by atoms with Crippen LogP contribution < -0.4 is 0 Å². The second-order valence-corrected chi connectivity index (χ2v) is 9.70. The Kier molecular flexibility index (Phi) is 4.95. The van der Waals surface area contributed by atoms with Gasteiger partial charge in [0, 0.05) is 37.2 Å². The Hall–Kier alpha value is -2.50. The number of aryl methyl sites for hydroxylation is 2. The summed E-state index contributed by atoms with van der Waals surface area (Å²) < 4.78 is 1.88. The van der Waals surface area contributed by atoms with Crippen molar-refractivity contribution < 1.29 is 4.79 Å². The van der Waals surface area contributed by atoms with Gasteiger partial charge in [-0.1, -0.05) is 14.7 Å². The molecule has 5 heterocycles. The second kappa shape index (κ2) is 7.64. The van der Waals surface area contributed by atoms with Gasteiger partial charge in [-0.2, -0.15) is 5.10 Å². The summed E-state index contributed by atoms with van der Waals surface area (Å²) in [7, 11) is 2.64. The summed E-state index contributed by atoms with van der Waals surface area (Å²) in [5, 5.41) is 5.74. The lowest BCUT2D eigenvalue weighted by Gasteiger charge is -2.36. The summed E-state index contributed by atoms with van der Waals surface area (Å²) in [6.07, 6.45) is 11.2. The molecule has 2 aromatic rings. The van der Waals surface area contributed by atoms with E-state index in [2.05, 4.69) is 34.0 Å². The third-order valence-corrected chi connectivity index (χ3v) is 7.44. The van der Waals surface area contributed by atoms with Crippen molar-refractivity contribution in [1.82, 2.24) is 29.3 Å². The third-order valence-electron chi connectivity index (χ3n) is 5.97. The van der Waals surface area contributed by atoms with Gasteiger partial charge in [-0.05, 0) is 46.0 Å². The van der Waals surface area contributed by atoms with E-state index in [0.29, 0.717) is 8.58 Å². The Morgan fingerprint density at radius 2 is 2.03 bits per heavy atom. The highest BCUT2D eigenvalue weighted by Gasteiger charge is 2.30. The van der Waals surface area contributed by atoms with Crippen molar-refractivity contribution in [2.45, 2.75) is 26.1 Å². The lowest BCUT2D eigenvalue weighted by molar-refractivity contribution is -0.123. The molecule has 2 unspecified atom stereocenters. The summed E-state index contributed by atoms with van der Waals surface area (Å²) in [6, 6.07) is 2.05. The van der Waals surface area contributed by atoms with E-state index in [0.717, 1.165) is 66.2 Å². The van der Waals surface area contributed by atoms with Crippen LogP contribution in [0, 0.1) is 13.8 Å². The molecule has 0 spiro atoms. The minimum atomic E-state index is 0.0330. The molecule has 0 radical (unpaired) electrons. The van der Waals surface area contributed by atoms with Gasteiger partial charge in [-0.25, -0.2) is 4.52 Å². The van der Waals surface area contributed by atoms with Crippen LogP contribution in [-0.2, 0) is 4.79 Å². The van der Waals surface area contributed by atoms with E-state index in [1.165, 1.54) is 0 Å². The number of aromatic nitrogens is 3. The fraction of sp³-hybridized carbons (Fsp3) is 0.409. The molecule has 2 atom stereocenters. The first-order chi connectivity index (χ1) is 14.5. The number of nitrogens with zero attached hydrogens (tertiary/aromatic N) is 6. The van der Waals surface area contributed by atoms with Gasteiger partial charge in [-0.15, -0.1) is 0 Å². The van der Waals surface area contributed by atoms with Crippen molar-refractivity contribution in [3.05, 3.63) is 59.5 Å². The summed E-state index contributed by atoms with van der Waals surface area (Å²) in [4.78, 5) is 24.2. The number of likely N-dealkylation sites (N-methyl/N-ethyl adjacent to an activating group) is 1. The molecule has 3 aliphatic heterocycles. The van der Waals surface area contributed by atoms with E-state index in [4.69, 9.17) is 5.10 Å². The Morgan fingerprint density at radius 1 is 1.17 bits per heavy atom. The highest BCUT2D eigenvalue weighted by atomic mass is 31.1. The minimum absolute atomic E-state index is 0.0330. The highest BCUT2D eigenvalue weighted by Crippen LogP contribution is 2.44. The maximum absolute atomic E-state index is 13.0. The highest BCUT2D eigenvalue weighted by molar-refractivity contribution is 7.51. The van der Waals surface area contributed by atoms with Crippen molar-refractivity contribution in [2.75, 3.05) is 33.2 Å². The predicted octanol–water partition coefficient (Wildman–Crippen LogP) is 2.58. The zero-order valence-electron chi connectivity index (χ0n) is 17.7. The Balaban J connectivity index is 1.41. The Labute approximate surface area is 178 Å². The van der Waals surface area contributed by atoms with E-state index in [1.807, 2.05) is 41.7 Å². The molecule has 0 aromatic carbocycles. The van der Waals surface area contributed by atoms with Crippen LogP contribution in [0.3, 0.4) is 0 Å².